The Hall–Kier alpha value is -2.44. The molecule has 26 heavy (non-hydrogen) atoms. The summed E-state index contributed by atoms with van der Waals surface area (Å²) in [5.74, 6) is 0.636. The van der Waals surface area contributed by atoms with Crippen molar-refractivity contribution in [1.82, 2.24) is 15.2 Å². The molecule has 1 saturated heterocycles. The summed E-state index contributed by atoms with van der Waals surface area (Å²) in [5, 5.41) is 3.08. The molecule has 138 valence electrons. The van der Waals surface area contributed by atoms with Gasteiger partial charge in [-0.25, -0.2) is 4.98 Å². The van der Waals surface area contributed by atoms with Gasteiger partial charge in [0.15, 0.2) is 0 Å². The standard InChI is InChI=1S/C20H26N4O2/c1-23(2)18(16-7-4-3-5-8-16)15-22-20(25)17-9-6-10-21-19(17)24-11-13-26-14-12-24/h3-10,18H,11-15H2,1-2H3,(H,22,25). The molecule has 1 N–H and O–H groups in total. The Labute approximate surface area is 154 Å². The number of nitrogens with zero attached hydrogens (tertiary/aromatic N) is 3. The number of amides is 1. The first kappa shape index (κ1) is 18.4. The highest BCUT2D eigenvalue weighted by Gasteiger charge is 2.21. The third kappa shape index (κ3) is 4.39. The number of aromatic nitrogens is 1. The van der Waals surface area contributed by atoms with Crippen molar-refractivity contribution in [3.05, 3.63) is 59.8 Å². The number of carbonyl (C=O) groups is 1. The average molecular weight is 354 g/mol. The van der Waals surface area contributed by atoms with Crippen LogP contribution in [0.2, 0.25) is 0 Å². The summed E-state index contributed by atoms with van der Waals surface area (Å²) in [5.41, 5.74) is 1.79. The molecule has 0 spiro atoms. The van der Waals surface area contributed by atoms with Crippen molar-refractivity contribution < 1.29 is 9.53 Å². The molecule has 1 aromatic heterocycles. The van der Waals surface area contributed by atoms with Crippen LogP contribution in [0, 0.1) is 0 Å². The fourth-order valence-electron chi connectivity index (χ4n) is 3.16. The summed E-state index contributed by atoms with van der Waals surface area (Å²) < 4.78 is 5.40. The fourth-order valence-corrected chi connectivity index (χ4v) is 3.16. The second-order valence-electron chi connectivity index (χ2n) is 6.57. The van der Waals surface area contributed by atoms with Crippen LogP contribution in [0.1, 0.15) is 22.0 Å². The van der Waals surface area contributed by atoms with E-state index in [1.54, 1.807) is 12.3 Å². The van der Waals surface area contributed by atoms with Gasteiger partial charge in [-0.15, -0.1) is 0 Å². The maximum Gasteiger partial charge on any atom is 0.255 e. The SMILES string of the molecule is CN(C)C(CNC(=O)c1cccnc1N1CCOCC1)c1ccccc1. The van der Waals surface area contributed by atoms with Gasteiger partial charge in [0.1, 0.15) is 5.82 Å². The van der Waals surface area contributed by atoms with E-state index in [-0.39, 0.29) is 11.9 Å². The number of likely N-dealkylation sites (N-methyl/N-ethyl adjacent to an activating group) is 1. The molecule has 1 unspecified atom stereocenters. The van der Waals surface area contributed by atoms with E-state index in [0.29, 0.717) is 25.3 Å². The highest BCUT2D eigenvalue weighted by molar-refractivity contribution is 5.98. The second kappa shape index (κ2) is 8.78. The third-order valence-corrected chi connectivity index (χ3v) is 4.61. The topological polar surface area (TPSA) is 57.7 Å². The first-order valence-corrected chi connectivity index (χ1v) is 8.94. The van der Waals surface area contributed by atoms with Gasteiger partial charge in [0.2, 0.25) is 0 Å². The van der Waals surface area contributed by atoms with Crippen molar-refractivity contribution in [2.24, 2.45) is 0 Å². The third-order valence-electron chi connectivity index (χ3n) is 4.61. The van der Waals surface area contributed by atoms with Crippen molar-refractivity contribution in [1.29, 1.82) is 0 Å². The lowest BCUT2D eigenvalue weighted by molar-refractivity contribution is 0.0940. The highest BCUT2D eigenvalue weighted by Crippen LogP contribution is 2.20. The first-order chi connectivity index (χ1) is 12.7. The minimum Gasteiger partial charge on any atom is -0.378 e. The van der Waals surface area contributed by atoms with E-state index in [4.69, 9.17) is 4.74 Å². The zero-order valence-corrected chi connectivity index (χ0v) is 15.4. The smallest absolute Gasteiger partial charge is 0.255 e. The van der Waals surface area contributed by atoms with Crippen LogP contribution in [0.4, 0.5) is 5.82 Å². The molecule has 3 rings (SSSR count). The van der Waals surface area contributed by atoms with Gasteiger partial charge in [-0.2, -0.15) is 0 Å². The Kier molecular flexibility index (Phi) is 6.20. The Bertz CT molecular complexity index is 715. The Morgan fingerprint density at radius 3 is 2.62 bits per heavy atom. The summed E-state index contributed by atoms with van der Waals surface area (Å²) in [7, 11) is 4.04. The molecule has 1 atom stereocenters. The number of morpholine rings is 1. The molecular weight excluding hydrogens is 328 g/mol. The van der Waals surface area contributed by atoms with Gasteiger partial charge < -0.3 is 19.9 Å². The molecule has 0 radical (unpaired) electrons. The predicted molar refractivity (Wildman–Crippen MR) is 102 cm³/mol. The number of carbonyl (C=O) groups excluding carboxylic acids is 1. The quantitative estimate of drug-likeness (QED) is 0.859. The largest absolute Gasteiger partial charge is 0.378 e. The molecule has 0 saturated carbocycles. The van der Waals surface area contributed by atoms with E-state index in [9.17, 15) is 4.79 Å². The van der Waals surface area contributed by atoms with Gasteiger partial charge in [0.25, 0.3) is 5.91 Å². The van der Waals surface area contributed by atoms with Gasteiger partial charge >= 0.3 is 0 Å². The lowest BCUT2D eigenvalue weighted by Crippen LogP contribution is -2.39. The van der Waals surface area contributed by atoms with Crippen LogP contribution < -0.4 is 10.2 Å². The number of nitrogens with one attached hydrogen (secondary N) is 1. The minimum absolute atomic E-state index is 0.0950. The highest BCUT2D eigenvalue weighted by atomic mass is 16.5. The van der Waals surface area contributed by atoms with Crippen LogP contribution in [0.25, 0.3) is 0 Å². The van der Waals surface area contributed by atoms with E-state index in [2.05, 4.69) is 32.2 Å². The van der Waals surface area contributed by atoms with Gasteiger partial charge in [-0.1, -0.05) is 30.3 Å². The molecule has 2 heterocycles. The maximum atomic E-state index is 12.8. The molecule has 6 nitrogen and oxygen atoms in total. The van der Waals surface area contributed by atoms with Gasteiger partial charge in [0, 0.05) is 25.8 Å². The van der Waals surface area contributed by atoms with E-state index >= 15 is 0 Å². The molecular formula is C20H26N4O2. The lowest BCUT2D eigenvalue weighted by Gasteiger charge is -2.29. The molecule has 6 heteroatoms. The molecule has 0 bridgehead atoms. The van der Waals surface area contributed by atoms with Crippen LogP contribution >= 0.6 is 0 Å². The van der Waals surface area contributed by atoms with E-state index < -0.39 is 0 Å². The number of pyridine rings is 1. The number of ether oxygens (including phenoxy) is 1. The first-order valence-electron chi connectivity index (χ1n) is 8.94. The van der Waals surface area contributed by atoms with Crippen molar-refractivity contribution in [2.45, 2.75) is 6.04 Å². The van der Waals surface area contributed by atoms with Crippen LogP contribution in [-0.2, 0) is 4.74 Å². The predicted octanol–water partition coefficient (Wildman–Crippen LogP) is 1.95. The maximum absolute atomic E-state index is 12.8. The summed E-state index contributed by atoms with van der Waals surface area (Å²) in [6, 6.07) is 14.0. The average Bonchev–Trinajstić information content (AvgIpc) is 2.69. The second-order valence-corrected chi connectivity index (χ2v) is 6.57. The zero-order chi connectivity index (χ0) is 18.4. The molecule has 1 aromatic carbocycles. The molecule has 1 fully saturated rings. The fraction of sp³-hybridized carbons (Fsp3) is 0.400. The molecule has 1 aliphatic heterocycles. The van der Waals surface area contributed by atoms with Crippen LogP contribution in [-0.4, -0.2) is 62.7 Å². The zero-order valence-electron chi connectivity index (χ0n) is 15.4. The number of rotatable bonds is 6. The van der Waals surface area contributed by atoms with Gasteiger partial charge in [-0.05, 0) is 31.8 Å². The lowest BCUT2D eigenvalue weighted by atomic mass is 10.1. The summed E-state index contributed by atoms with van der Waals surface area (Å²) in [6.07, 6.45) is 1.73. The Balaban J connectivity index is 1.72. The van der Waals surface area contributed by atoms with Crippen molar-refractivity contribution in [3.63, 3.8) is 0 Å². The van der Waals surface area contributed by atoms with Gasteiger partial charge in [-0.3, -0.25) is 4.79 Å². The van der Waals surface area contributed by atoms with Gasteiger partial charge in [0.05, 0.1) is 24.8 Å². The van der Waals surface area contributed by atoms with Crippen molar-refractivity contribution in [2.75, 3.05) is 51.8 Å². The summed E-state index contributed by atoms with van der Waals surface area (Å²) in [4.78, 5) is 21.5. The number of anilines is 1. The van der Waals surface area contributed by atoms with Crippen LogP contribution in [0.5, 0.6) is 0 Å². The Morgan fingerprint density at radius 1 is 1.19 bits per heavy atom. The van der Waals surface area contributed by atoms with Crippen LogP contribution in [0.3, 0.4) is 0 Å². The van der Waals surface area contributed by atoms with E-state index in [1.807, 2.05) is 38.4 Å². The number of hydrogen-bond acceptors (Lipinski definition) is 5. The monoisotopic (exact) mass is 354 g/mol. The summed E-state index contributed by atoms with van der Waals surface area (Å²) in [6.45, 7) is 3.36. The van der Waals surface area contributed by atoms with Crippen LogP contribution in [0.15, 0.2) is 48.7 Å². The number of benzene rings is 1. The molecule has 1 aliphatic rings. The molecule has 2 aromatic rings. The normalized spacial score (nSPS) is 15.7. The van der Waals surface area contributed by atoms with E-state index in [0.717, 1.165) is 18.9 Å². The Morgan fingerprint density at radius 2 is 1.92 bits per heavy atom. The summed E-state index contributed by atoms with van der Waals surface area (Å²) >= 11 is 0. The molecule has 0 aliphatic carbocycles. The van der Waals surface area contributed by atoms with Crippen molar-refractivity contribution >= 4 is 11.7 Å². The number of hydrogen-bond donors (Lipinski definition) is 1. The molecule has 1 amide bonds. The van der Waals surface area contributed by atoms with E-state index in [1.165, 1.54) is 5.56 Å². The minimum atomic E-state index is -0.0950. The van der Waals surface area contributed by atoms with Crippen molar-refractivity contribution in [3.8, 4) is 0 Å².